The fraction of sp³-hybridized carbons (Fsp3) is 0.417. The molecule has 0 saturated carbocycles. The summed E-state index contributed by atoms with van der Waals surface area (Å²) in [7, 11) is 0. The zero-order valence-corrected chi connectivity index (χ0v) is 17.9. The molecule has 1 aliphatic rings. The number of benzene rings is 2. The van der Waals surface area contributed by atoms with Gasteiger partial charge in [0.1, 0.15) is 0 Å². The first kappa shape index (κ1) is 23.6. The van der Waals surface area contributed by atoms with Gasteiger partial charge in [-0.25, -0.2) is 4.79 Å². The third kappa shape index (κ3) is 6.02. The first-order chi connectivity index (χ1) is 15.2. The second kappa shape index (κ2) is 10.1. The van der Waals surface area contributed by atoms with Crippen LogP contribution in [0.3, 0.4) is 0 Å². The maximum absolute atomic E-state index is 12.8. The number of hydrogen-bond acceptors (Lipinski definition) is 3. The molecule has 2 amide bonds. The summed E-state index contributed by atoms with van der Waals surface area (Å²) in [6, 6.07) is 19.9. The highest BCUT2D eigenvalue weighted by Crippen LogP contribution is 2.31. The van der Waals surface area contributed by atoms with E-state index in [1.54, 1.807) is 0 Å². The Kier molecular flexibility index (Phi) is 7.43. The van der Waals surface area contributed by atoms with Gasteiger partial charge < -0.3 is 15.0 Å². The average Bonchev–Trinajstić information content (AvgIpc) is 2.81. The lowest BCUT2D eigenvalue weighted by atomic mass is 9.76. The molecule has 2 aromatic rings. The van der Waals surface area contributed by atoms with E-state index in [-0.39, 0.29) is 24.9 Å². The van der Waals surface area contributed by atoms with Gasteiger partial charge in [-0.15, -0.1) is 0 Å². The van der Waals surface area contributed by atoms with Crippen LogP contribution in [0, 0.1) is 5.92 Å². The van der Waals surface area contributed by atoms with Crippen molar-refractivity contribution < 1.29 is 27.5 Å². The van der Waals surface area contributed by atoms with Crippen LogP contribution in [0.15, 0.2) is 60.7 Å². The fourth-order valence-electron chi connectivity index (χ4n) is 3.95. The molecule has 0 radical (unpaired) electrons. The van der Waals surface area contributed by atoms with E-state index in [1.807, 2.05) is 60.7 Å². The summed E-state index contributed by atoms with van der Waals surface area (Å²) in [6.45, 7) is 1.24. The molecular weight excluding hydrogens is 421 g/mol. The Labute approximate surface area is 185 Å². The Hall–Kier alpha value is -3.03. The van der Waals surface area contributed by atoms with Crippen LogP contribution in [0.5, 0.6) is 0 Å². The third-order valence-electron chi connectivity index (χ3n) is 5.92. The van der Waals surface area contributed by atoms with Gasteiger partial charge in [0.05, 0.1) is 0 Å². The average molecular weight is 448 g/mol. The van der Waals surface area contributed by atoms with Gasteiger partial charge in [-0.2, -0.15) is 13.2 Å². The van der Waals surface area contributed by atoms with Crippen LogP contribution in [0.2, 0.25) is 0 Å². The van der Waals surface area contributed by atoms with Crippen molar-refractivity contribution in [2.45, 2.75) is 31.4 Å². The van der Waals surface area contributed by atoms with Gasteiger partial charge in [-0.1, -0.05) is 60.7 Å². The van der Waals surface area contributed by atoms with Crippen molar-refractivity contribution in [2.24, 2.45) is 5.92 Å². The molecule has 0 aromatic heterocycles. The molecule has 1 aliphatic heterocycles. The van der Waals surface area contributed by atoms with Crippen molar-refractivity contribution in [3.05, 3.63) is 71.8 Å². The molecule has 1 fully saturated rings. The van der Waals surface area contributed by atoms with Crippen molar-refractivity contribution >= 4 is 12.0 Å². The molecule has 0 unspecified atom stereocenters. The number of amides is 2. The van der Waals surface area contributed by atoms with Crippen LogP contribution >= 0.6 is 0 Å². The predicted octanol–water partition coefficient (Wildman–Crippen LogP) is 4.52. The minimum Gasteiger partial charge on any atom is -0.440 e. The molecular formula is C24H27F3N2O3. The van der Waals surface area contributed by atoms with E-state index in [1.165, 1.54) is 4.90 Å². The molecule has 0 aliphatic carbocycles. The number of alkyl halides is 3. The summed E-state index contributed by atoms with van der Waals surface area (Å²) >= 11 is 0. The maximum Gasteiger partial charge on any atom is 0.422 e. The summed E-state index contributed by atoms with van der Waals surface area (Å²) < 4.78 is 41.0. The van der Waals surface area contributed by atoms with Crippen molar-refractivity contribution in [3.63, 3.8) is 0 Å². The van der Waals surface area contributed by atoms with Crippen molar-refractivity contribution in [3.8, 4) is 0 Å². The molecule has 2 aromatic carbocycles. The number of carbonyl (C=O) groups is 2. The summed E-state index contributed by atoms with van der Waals surface area (Å²) in [4.78, 5) is 25.9. The number of halogens is 3. The van der Waals surface area contributed by atoms with Crippen molar-refractivity contribution in [1.29, 1.82) is 0 Å². The molecule has 172 valence electrons. The second-order valence-electron chi connectivity index (χ2n) is 8.21. The lowest BCUT2D eigenvalue weighted by molar-refractivity contribution is -0.162. The monoisotopic (exact) mass is 448 g/mol. The van der Waals surface area contributed by atoms with Crippen LogP contribution in [-0.2, 0) is 14.9 Å². The number of nitrogens with zero attached hydrogens (tertiary/aromatic N) is 1. The third-order valence-corrected chi connectivity index (χ3v) is 5.92. The second-order valence-corrected chi connectivity index (χ2v) is 8.21. The number of carbonyl (C=O) groups excluding carboxylic acids is 2. The van der Waals surface area contributed by atoms with Gasteiger partial charge in [-0.3, -0.25) is 4.79 Å². The Morgan fingerprint density at radius 3 is 1.94 bits per heavy atom. The molecule has 8 heteroatoms. The normalized spacial score (nSPS) is 15.3. The number of rotatable bonds is 6. The number of likely N-dealkylation sites (tertiary alicyclic amines) is 1. The topological polar surface area (TPSA) is 58.6 Å². The molecule has 0 atom stereocenters. The molecule has 0 bridgehead atoms. The first-order valence-corrected chi connectivity index (χ1v) is 10.6. The van der Waals surface area contributed by atoms with Crippen LogP contribution in [0.25, 0.3) is 0 Å². The zero-order chi connectivity index (χ0) is 23.2. The van der Waals surface area contributed by atoms with Gasteiger partial charge in [-0.05, 0) is 30.9 Å². The highest BCUT2D eigenvalue weighted by Gasteiger charge is 2.34. The fourth-order valence-corrected chi connectivity index (χ4v) is 3.95. The SMILES string of the molecule is CC(CNC(=O)C1CCN(C(=O)OCC(F)(F)F)CC1)(c1ccccc1)c1ccccc1. The highest BCUT2D eigenvalue weighted by molar-refractivity contribution is 5.79. The molecule has 0 spiro atoms. The van der Waals surface area contributed by atoms with Crippen LogP contribution in [-0.4, -0.2) is 49.3 Å². The van der Waals surface area contributed by atoms with E-state index < -0.39 is 24.3 Å². The van der Waals surface area contributed by atoms with Gasteiger partial charge in [0.25, 0.3) is 0 Å². The van der Waals surface area contributed by atoms with E-state index in [2.05, 4.69) is 17.0 Å². The Bertz CT molecular complexity index is 856. The Morgan fingerprint density at radius 1 is 0.969 bits per heavy atom. The maximum atomic E-state index is 12.8. The standard InChI is InChI=1S/C24H27F3N2O3/c1-23(19-8-4-2-5-9-19,20-10-6-3-7-11-20)16-28-21(30)18-12-14-29(15-13-18)22(31)32-17-24(25,26)27/h2-11,18H,12-17H2,1H3,(H,28,30). The summed E-state index contributed by atoms with van der Waals surface area (Å²) in [5, 5.41) is 3.06. The first-order valence-electron chi connectivity index (χ1n) is 10.6. The molecule has 1 N–H and O–H groups in total. The minimum absolute atomic E-state index is 0.119. The molecule has 1 heterocycles. The lowest BCUT2D eigenvalue weighted by Crippen LogP contribution is -2.46. The number of ether oxygens (including phenoxy) is 1. The number of nitrogens with one attached hydrogen (secondary N) is 1. The van der Waals surface area contributed by atoms with E-state index >= 15 is 0 Å². The van der Waals surface area contributed by atoms with E-state index in [0.29, 0.717) is 19.4 Å². The smallest absolute Gasteiger partial charge is 0.422 e. The van der Waals surface area contributed by atoms with Gasteiger partial charge >= 0.3 is 12.3 Å². The minimum atomic E-state index is -4.56. The van der Waals surface area contributed by atoms with E-state index in [0.717, 1.165) is 11.1 Å². The van der Waals surface area contributed by atoms with Crippen LogP contribution in [0.4, 0.5) is 18.0 Å². The number of piperidine rings is 1. The van der Waals surface area contributed by atoms with Crippen LogP contribution in [0.1, 0.15) is 30.9 Å². The van der Waals surface area contributed by atoms with Crippen LogP contribution < -0.4 is 5.32 Å². The zero-order valence-electron chi connectivity index (χ0n) is 17.9. The molecule has 5 nitrogen and oxygen atoms in total. The highest BCUT2D eigenvalue weighted by atomic mass is 19.4. The summed E-state index contributed by atoms with van der Waals surface area (Å²) in [6.07, 6.45) is -4.81. The Balaban J connectivity index is 1.58. The quantitative estimate of drug-likeness (QED) is 0.707. The number of hydrogen-bond donors (Lipinski definition) is 1. The van der Waals surface area contributed by atoms with E-state index in [9.17, 15) is 22.8 Å². The van der Waals surface area contributed by atoms with E-state index in [4.69, 9.17) is 0 Å². The van der Waals surface area contributed by atoms with Gasteiger partial charge in [0.15, 0.2) is 6.61 Å². The Morgan fingerprint density at radius 2 is 1.47 bits per heavy atom. The van der Waals surface area contributed by atoms with Crippen molar-refractivity contribution in [2.75, 3.05) is 26.2 Å². The summed E-state index contributed by atoms with van der Waals surface area (Å²) in [5.74, 6) is -0.427. The molecule has 32 heavy (non-hydrogen) atoms. The largest absolute Gasteiger partial charge is 0.440 e. The molecule has 1 saturated heterocycles. The summed E-state index contributed by atoms with van der Waals surface area (Å²) in [5.41, 5.74) is 1.72. The lowest BCUT2D eigenvalue weighted by Gasteiger charge is -2.34. The van der Waals surface area contributed by atoms with Crippen molar-refractivity contribution in [1.82, 2.24) is 10.2 Å². The molecule has 3 rings (SSSR count). The van der Waals surface area contributed by atoms with Gasteiger partial charge in [0.2, 0.25) is 5.91 Å². The predicted molar refractivity (Wildman–Crippen MR) is 114 cm³/mol. The van der Waals surface area contributed by atoms with Gasteiger partial charge in [0, 0.05) is 31.0 Å².